The van der Waals surface area contributed by atoms with Crippen molar-refractivity contribution in [3.63, 3.8) is 0 Å². The molecular weight excluding hydrogens is 474 g/mol. The molecule has 0 unspecified atom stereocenters. The molecular formula is C36H29N3. The molecule has 0 spiro atoms. The highest BCUT2D eigenvalue weighted by Crippen LogP contribution is 2.38. The Morgan fingerprint density at radius 3 is 0.872 bits per heavy atom. The lowest BCUT2D eigenvalue weighted by Gasteiger charge is -2.26. The summed E-state index contributed by atoms with van der Waals surface area (Å²) in [5.41, 5.74) is 8.68. The molecule has 6 aromatic rings. The summed E-state index contributed by atoms with van der Waals surface area (Å²) in [6.07, 6.45) is 0. The van der Waals surface area contributed by atoms with Gasteiger partial charge in [-0.05, 0) is 84.9 Å². The van der Waals surface area contributed by atoms with Crippen molar-refractivity contribution >= 4 is 45.5 Å². The van der Waals surface area contributed by atoms with E-state index in [1.807, 2.05) is 24.3 Å². The van der Waals surface area contributed by atoms with E-state index >= 15 is 0 Å². The van der Waals surface area contributed by atoms with E-state index in [-0.39, 0.29) is 0 Å². The fourth-order valence-electron chi connectivity index (χ4n) is 4.81. The van der Waals surface area contributed by atoms with E-state index in [0.29, 0.717) is 0 Å². The second-order valence-electron chi connectivity index (χ2n) is 9.24. The van der Waals surface area contributed by atoms with Crippen LogP contribution in [0.5, 0.6) is 0 Å². The molecule has 0 aliphatic heterocycles. The zero-order valence-electron chi connectivity index (χ0n) is 21.6. The largest absolute Gasteiger partial charge is 0.355 e. The predicted octanol–water partition coefficient (Wildman–Crippen LogP) is 10.4. The molecule has 0 bridgehead atoms. The number of anilines is 8. The van der Waals surface area contributed by atoms with Gasteiger partial charge in [-0.3, -0.25) is 0 Å². The van der Waals surface area contributed by atoms with Crippen LogP contribution in [0.4, 0.5) is 45.5 Å². The van der Waals surface area contributed by atoms with Gasteiger partial charge < -0.3 is 15.1 Å². The van der Waals surface area contributed by atoms with Crippen LogP contribution in [-0.2, 0) is 0 Å². The summed E-state index contributed by atoms with van der Waals surface area (Å²) in [6.45, 7) is 0. The molecule has 0 atom stereocenters. The summed E-state index contributed by atoms with van der Waals surface area (Å²) in [4.78, 5) is 4.54. The average molecular weight is 504 g/mol. The van der Waals surface area contributed by atoms with E-state index in [4.69, 9.17) is 0 Å². The number of nitrogens with one attached hydrogen (secondary N) is 1. The Morgan fingerprint density at radius 1 is 0.282 bits per heavy atom. The summed E-state index contributed by atoms with van der Waals surface area (Å²) in [5, 5.41) is 3.65. The van der Waals surface area contributed by atoms with Crippen LogP contribution >= 0.6 is 0 Å². The lowest BCUT2D eigenvalue weighted by Crippen LogP contribution is -2.10. The second kappa shape index (κ2) is 11.4. The monoisotopic (exact) mass is 503 g/mol. The van der Waals surface area contributed by atoms with Crippen molar-refractivity contribution in [3.05, 3.63) is 170 Å². The van der Waals surface area contributed by atoms with Gasteiger partial charge in [0.15, 0.2) is 0 Å². The first-order valence-corrected chi connectivity index (χ1v) is 13.1. The van der Waals surface area contributed by atoms with Gasteiger partial charge in [0.2, 0.25) is 0 Å². The van der Waals surface area contributed by atoms with Crippen LogP contribution in [0.2, 0.25) is 0 Å². The highest BCUT2D eigenvalue weighted by Gasteiger charge is 2.14. The average Bonchev–Trinajstić information content (AvgIpc) is 3.00. The van der Waals surface area contributed by atoms with Gasteiger partial charge in [0, 0.05) is 45.5 Å². The lowest BCUT2D eigenvalue weighted by molar-refractivity contribution is 1.28. The molecule has 0 saturated carbocycles. The molecule has 6 rings (SSSR count). The molecule has 0 radical (unpaired) electrons. The van der Waals surface area contributed by atoms with Crippen molar-refractivity contribution in [2.45, 2.75) is 0 Å². The molecule has 1 N–H and O–H groups in total. The Bertz CT molecular complexity index is 1410. The second-order valence-corrected chi connectivity index (χ2v) is 9.24. The van der Waals surface area contributed by atoms with Gasteiger partial charge in [0.05, 0.1) is 0 Å². The predicted molar refractivity (Wildman–Crippen MR) is 166 cm³/mol. The van der Waals surface area contributed by atoms with E-state index in [1.54, 1.807) is 0 Å². The SMILES string of the molecule is c1ccc(N(c2ccccc2)c2cccc(Nc3cccc(N(c4ccccc4)c4ccccc4)c3)c2)cc1. The number of hydrogen-bond acceptors (Lipinski definition) is 3. The van der Waals surface area contributed by atoms with E-state index in [2.05, 4.69) is 161 Å². The Kier molecular flexibility index (Phi) is 7.04. The third-order valence-electron chi connectivity index (χ3n) is 6.55. The van der Waals surface area contributed by atoms with Crippen molar-refractivity contribution < 1.29 is 0 Å². The number of rotatable bonds is 8. The zero-order chi connectivity index (χ0) is 26.3. The van der Waals surface area contributed by atoms with E-state index in [9.17, 15) is 0 Å². The van der Waals surface area contributed by atoms with Gasteiger partial charge in [-0.2, -0.15) is 0 Å². The third kappa shape index (κ3) is 5.53. The highest BCUT2D eigenvalue weighted by molar-refractivity contribution is 5.81. The van der Waals surface area contributed by atoms with E-state index in [1.165, 1.54) is 0 Å². The number of nitrogens with zero attached hydrogens (tertiary/aromatic N) is 2. The number of para-hydroxylation sites is 4. The first-order valence-electron chi connectivity index (χ1n) is 13.1. The minimum Gasteiger partial charge on any atom is -0.355 e. The van der Waals surface area contributed by atoms with Crippen molar-refractivity contribution in [2.75, 3.05) is 15.1 Å². The fraction of sp³-hybridized carbons (Fsp3) is 0. The van der Waals surface area contributed by atoms with Crippen molar-refractivity contribution in [3.8, 4) is 0 Å². The van der Waals surface area contributed by atoms with Gasteiger partial charge in [0.25, 0.3) is 0 Å². The van der Waals surface area contributed by atoms with Crippen LogP contribution in [-0.4, -0.2) is 0 Å². The minimum absolute atomic E-state index is 1.02. The fourth-order valence-corrected chi connectivity index (χ4v) is 4.81. The number of hydrogen-bond donors (Lipinski definition) is 1. The maximum atomic E-state index is 3.65. The standard InChI is InChI=1S/C36H29N3/c1-5-17-31(18-6-1)38(32-19-7-2-8-20-32)35-25-13-15-29(27-35)37-30-16-14-26-36(28-30)39(33-21-9-3-10-22-33)34-23-11-4-12-24-34/h1-28,37H. The first-order chi connectivity index (χ1) is 19.3. The maximum Gasteiger partial charge on any atom is 0.0482 e. The van der Waals surface area contributed by atoms with Crippen LogP contribution in [0.1, 0.15) is 0 Å². The topological polar surface area (TPSA) is 18.5 Å². The van der Waals surface area contributed by atoms with Crippen LogP contribution < -0.4 is 15.1 Å². The van der Waals surface area contributed by atoms with Crippen LogP contribution in [0, 0.1) is 0 Å². The highest BCUT2D eigenvalue weighted by atomic mass is 15.1. The molecule has 0 aliphatic carbocycles. The van der Waals surface area contributed by atoms with Crippen molar-refractivity contribution in [1.29, 1.82) is 0 Å². The normalized spacial score (nSPS) is 10.6. The van der Waals surface area contributed by atoms with Crippen molar-refractivity contribution in [2.24, 2.45) is 0 Å². The Morgan fingerprint density at radius 2 is 0.564 bits per heavy atom. The van der Waals surface area contributed by atoms with Crippen molar-refractivity contribution in [1.82, 2.24) is 0 Å². The summed E-state index contributed by atoms with van der Waals surface area (Å²) in [6, 6.07) is 59.0. The molecule has 3 heteroatoms. The Labute approximate surface area is 230 Å². The minimum atomic E-state index is 1.02. The smallest absolute Gasteiger partial charge is 0.0482 e. The van der Waals surface area contributed by atoms with Gasteiger partial charge >= 0.3 is 0 Å². The van der Waals surface area contributed by atoms with Gasteiger partial charge in [-0.1, -0.05) is 84.9 Å². The lowest BCUT2D eigenvalue weighted by atomic mass is 10.1. The molecule has 3 nitrogen and oxygen atoms in total. The molecule has 188 valence electrons. The molecule has 6 aromatic carbocycles. The summed E-state index contributed by atoms with van der Waals surface area (Å²) in [5.74, 6) is 0. The molecule has 0 heterocycles. The number of benzene rings is 6. The Balaban J connectivity index is 1.34. The van der Waals surface area contributed by atoms with E-state index < -0.39 is 0 Å². The van der Waals surface area contributed by atoms with Gasteiger partial charge in [-0.15, -0.1) is 0 Å². The molecule has 0 amide bonds. The Hall–Kier alpha value is -5.28. The first kappa shape index (κ1) is 24.1. The van der Waals surface area contributed by atoms with Crippen LogP contribution in [0.25, 0.3) is 0 Å². The molecule has 0 saturated heterocycles. The maximum absolute atomic E-state index is 3.65. The van der Waals surface area contributed by atoms with E-state index in [0.717, 1.165) is 45.5 Å². The summed E-state index contributed by atoms with van der Waals surface area (Å²) in [7, 11) is 0. The molecule has 39 heavy (non-hydrogen) atoms. The molecule has 0 aromatic heterocycles. The summed E-state index contributed by atoms with van der Waals surface area (Å²) < 4.78 is 0. The van der Waals surface area contributed by atoms with Gasteiger partial charge in [0.1, 0.15) is 0 Å². The van der Waals surface area contributed by atoms with Crippen LogP contribution in [0.3, 0.4) is 0 Å². The van der Waals surface area contributed by atoms with Gasteiger partial charge in [-0.25, -0.2) is 0 Å². The third-order valence-corrected chi connectivity index (χ3v) is 6.55. The van der Waals surface area contributed by atoms with Crippen LogP contribution in [0.15, 0.2) is 170 Å². The molecule has 0 fully saturated rings. The molecule has 0 aliphatic rings. The quantitative estimate of drug-likeness (QED) is 0.223. The zero-order valence-corrected chi connectivity index (χ0v) is 21.6. The summed E-state index contributed by atoms with van der Waals surface area (Å²) >= 11 is 0.